The molecule has 0 saturated heterocycles. The molecule has 0 spiro atoms. The number of nitrogens with zero attached hydrogens (tertiary/aromatic N) is 5. The van der Waals surface area contributed by atoms with Crippen molar-refractivity contribution in [2.24, 2.45) is 0 Å². The Hall–Kier alpha value is -9.75. The van der Waals surface area contributed by atoms with Gasteiger partial charge in [0.2, 0.25) is 0 Å². The van der Waals surface area contributed by atoms with E-state index in [9.17, 15) is 0 Å². The Morgan fingerprint density at radius 1 is 0.253 bits per heavy atom. The van der Waals surface area contributed by atoms with Gasteiger partial charge in [0.25, 0.3) is 0 Å². The van der Waals surface area contributed by atoms with Crippen molar-refractivity contribution in [3.8, 4) is 56.7 Å². The van der Waals surface area contributed by atoms with Crippen LogP contribution in [-0.4, -0.2) is 32.2 Å². The first-order valence-electron chi connectivity index (χ1n) is 25.5. The molecule has 14 aromatic rings. The van der Waals surface area contributed by atoms with E-state index in [1.54, 1.807) is 0 Å². The van der Waals surface area contributed by atoms with E-state index < -0.39 is 8.07 Å². The van der Waals surface area contributed by atoms with Crippen LogP contribution in [0.15, 0.2) is 285 Å². The smallest absolute Gasteiger partial charge is 0.179 e. The van der Waals surface area contributed by atoms with Crippen molar-refractivity contribution in [1.82, 2.24) is 24.1 Å². The van der Waals surface area contributed by atoms with Gasteiger partial charge in [-0.3, -0.25) is 0 Å². The molecule has 0 unspecified atom stereocenters. The maximum absolute atomic E-state index is 5.26. The van der Waals surface area contributed by atoms with Gasteiger partial charge in [-0.1, -0.05) is 243 Å². The molecule has 0 aliphatic rings. The van der Waals surface area contributed by atoms with Gasteiger partial charge in [0.15, 0.2) is 25.5 Å². The third-order valence-electron chi connectivity index (χ3n) is 14.9. The van der Waals surface area contributed by atoms with Gasteiger partial charge in [-0.25, -0.2) is 15.0 Å². The van der Waals surface area contributed by atoms with Crippen molar-refractivity contribution < 1.29 is 0 Å². The Bertz CT molecular complexity index is 4190. The van der Waals surface area contributed by atoms with Gasteiger partial charge in [-0.2, -0.15) is 0 Å². The van der Waals surface area contributed by atoms with E-state index in [0.29, 0.717) is 17.5 Å². The molecule has 5 nitrogen and oxygen atoms in total. The van der Waals surface area contributed by atoms with Crippen LogP contribution in [0.1, 0.15) is 0 Å². The molecule has 0 amide bonds. The summed E-state index contributed by atoms with van der Waals surface area (Å²) in [5.41, 5.74) is 11.6. The lowest BCUT2D eigenvalue weighted by Crippen LogP contribution is -2.74. The maximum Gasteiger partial charge on any atom is 0.179 e. The standard InChI is InChI=1S/C69H47N5Si/c1-6-23-48(24-7-1)67-70-68(49-25-8-2-9-26-49)72-69(71-67)51-41-43-57(50-27-22-34-56(45-50)75(53-28-10-3-11-29-53,54-30-12-4-13-31-54)55-32-14-5-15-33-55)66(46-51)74-64-40-21-18-37-60(64)61-47-52(42-44-65(61)74)73-62-38-19-16-35-58(62)59-36-17-20-39-63(59)73/h1-47H. The summed E-state index contributed by atoms with van der Waals surface area (Å²) >= 11 is 0. The Morgan fingerprint density at radius 2 is 0.653 bits per heavy atom. The minimum atomic E-state index is -2.88. The third kappa shape index (κ3) is 7.41. The van der Waals surface area contributed by atoms with Gasteiger partial charge in [-0.15, -0.1) is 0 Å². The van der Waals surface area contributed by atoms with Crippen molar-refractivity contribution >= 4 is 72.4 Å². The third-order valence-corrected chi connectivity index (χ3v) is 19.7. The van der Waals surface area contributed by atoms with Crippen molar-refractivity contribution in [1.29, 1.82) is 0 Å². The van der Waals surface area contributed by atoms with E-state index in [0.717, 1.165) is 55.6 Å². The Morgan fingerprint density at radius 3 is 1.17 bits per heavy atom. The SMILES string of the molecule is c1ccc(-c2nc(-c3ccccc3)nc(-c3ccc(-c4cccc([Si](c5ccccc5)(c5ccccc5)c5ccccc5)c4)c(-n4c5ccccc5c5cc(-n6c7ccccc7c7ccccc76)ccc54)c3)n2)cc1. The zero-order chi connectivity index (χ0) is 49.7. The number of benzene rings is 11. The zero-order valence-corrected chi connectivity index (χ0v) is 41.9. The highest BCUT2D eigenvalue weighted by molar-refractivity contribution is 7.19. The molecule has 3 heterocycles. The van der Waals surface area contributed by atoms with Gasteiger partial charge in [0, 0.05) is 49.5 Å². The summed E-state index contributed by atoms with van der Waals surface area (Å²) in [5.74, 6) is 1.84. The largest absolute Gasteiger partial charge is 0.309 e. The van der Waals surface area contributed by atoms with E-state index in [4.69, 9.17) is 15.0 Å². The Kier molecular flexibility index (Phi) is 10.8. The highest BCUT2D eigenvalue weighted by Crippen LogP contribution is 2.40. The topological polar surface area (TPSA) is 48.5 Å². The number of hydrogen-bond donors (Lipinski definition) is 0. The molecule has 14 rings (SSSR count). The molecular weight excluding hydrogens is 927 g/mol. The van der Waals surface area contributed by atoms with Crippen LogP contribution >= 0.6 is 0 Å². The molecule has 11 aromatic carbocycles. The summed E-state index contributed by atoms with van der Waals surface area (Å²) in [6, 6.07) is 103. The number of aromatic nitrogens is 5. The molecule has 0 fully saturated rings. The normalized spacial score (nSPS) is 11.7. The van der Waals surface area contributed by atoms with Gasteiger partial charge < -0.3 is 9.13 Å². The first kappa shape index (κ1) is 44.0. The fraction of sp³-hybridized carbons (Fsp3) is 0. The van der Waals surface area contributed by atoms with Gasteiger partial charge >= 0.3 is 0 Å². The lowest BCUT2D eigenvalue weighted by atomic mass is 10.0. The first-order chi connectivity index (χ1) is 37.2. The van der Waals surface area contributed by atoms with Crippen LogP contribution in [0.25, 0.3) is 100 Å². The summed E-state index contributed by atoms with van der Waals surface area (Å²) in [5, 5.41) is 10.1. The lowest BCUT2D eigenvalue weighted by molar-refractivity contribution is 1.07. The van der Waals surface area contributed by atoms with Crippen molar-refractivity contribution in [2.75, 3.05) is 0 Å². The predicted octanol–water partition coefficient (Wildman–Crippen LogP) is 14.1. The van der Waals surface area contributed by atoms with Crippen molar-refractivity contribution in [3.05, 3.63) is 285 Å². The van der Waals surface area contributed by atoms with Crippen LogP contribution in [-0.2, 0) is 0 Å². The Labute approximate surface area is 436 Å². The molecule has 0 atom stereocenters. The van der Waals surface area contributed by atoms with E-state index in [2.05, 4.69) is 258 Å². The number of fused-ring (bicyclic) bond motifs is 6. The van der Waals surface area contributed by atoms with Crippen LogP contribution in [0.3, 0.4) is 0 Å². The van der Waals surface area contributed by atoms with Crippen LogP contribution in [0, 0.1) is 0 Å². The summed E-state index contributed by atoms with van der Waals surface area (Å²) in [4.78, 5) is 15.6. The number of para-hydroxylation sites is 3. The molecule has 0 bridgehead atoms. The molecular formula is C69H47N5Si. The second-order valence-corrected chi connectivity index (χ2v) is 22.9. The summed E-state index contributed by atoms with van der Waals surface area (Å²) in [6.07, 6.45) is 0. The molecule has 3 aromatic heterocycles. The summed E-state index contributed by atoms with van der Waals surface area (Å²) in [7, 11) is -2.88. The Balaban J connectivity index is 1.04. The van der Waals surface area contributed by atoms with Gasteiger partial charge in [-0.05, 0) is 68.8 Å². The predicted molar refractivity (Wildman–Crippen MR) is 314 cm³/mol. The molecule has 6 heteroatoms. The molecule has 0 saturated carbocycles. The molecule has 0 N–H and O–H groups in total. The van der Waals surface area contributed by atoms with Crippen LogP contribution < -0.4 is 20.7 Å². The minimum absolute atomic E-state index is 0.599. The molecule has 352 valence electrons. The van der Waals surface area contributed by atoms with Gasteiger partial charge in [0.1, 0.15) is 0 Å². The zero-order valence-electron chi connectivity index (χ0n) is 40.9. The molecule has 0 radical (unpaired) electrons. The quantitative estimate of drug-likeness (QED) is 0.101. The number of hydrogen-bond acceptors (Lipinski definition) is 3. The summed E-state index contributed by atoms with van der Waals surface area (Å²) in [6.45, 7) is 0. The van der Waals surface area contributed by atoms with Crippen LogP contribution in [0.5, 0.6) is 0 Å². The fourth-order valence-electron chi connectivity index (χ4n) is 11.6. The monoisotopic (exact) mass is 973 g/mol. The molecule has 75 heavy (non-hydrogen) atoms. The van der Waals surface area contributed by atoms with Gasteiger partial charge in [0.05, 0.1) is 27.8 Å². The minimum Gasteiger partial charge on any atom is -0.309 e. The van der Waals surface area contributed by atoms with Crippen molar-refractivity contribution in [3.63, 3.8) is 0 Å². The van der Waals surface area contributed by atoms with E-state index in [1.807, 2.05) is 36.4 Å². The molecule has 0 aliphatic heterocycles. The summed E-state index contributed by atoms with van der Waals surface area (Å²) < 4.78 is 4.87. The second kappa shape index (κ2) is 18.4. The van der Waals surface area contributed by atoms with Crippen molar-refractivity contribution in [2.45, 2.75) is 0 Å². The van der Waals surface area contributed by atoms with E-state index in [1.165, 1.54) is 47.9 Å². The molecule has 0 aliphatic carbocycles. The van der Waals surface area contributed by atoms with E-state index in [-0.39, 0.29) is 0 Å². The average molecular weight is 974 g/mol. The average Bonchev–Trinajstić information content (AvgIpc) is 4.01. The van der Waals surface area contributed by atoms with Crippen LogP contribution in [0.4, 0.5) is 0 Å². The maximum atomic E-state index is 5.26. The second-order valence-electron chi connectivity index (χ2n) is 19.1. The fourth-order valence-corrected chi connectivity index (χ4v) is 16.4. The van der Waals surface area contributed by atoms with Crippen LogP contribution in [0.2, 0.25) is 0 Å². The lowest BCUT2D eigenvalue weighted by Gasteiger charge is -2.34. The first-order valence-corrected chi connectivity index (χ1v) is 27.5. The highest BCUT2D eigenvalue weighted by Gasteiger charge is 2.41. The highest BCUT2D eigenvalue weighted by atomic mass is 28.3. The van der Waals surface area contributed by atoms with E-state index >= 15 is 0 Å². The number of rotatable bonds is 10.